The highest BCUT2D eigenvalue weighted by atomic mass is 16.7. The molecule has 2 rings (SSSR count). The first-order valence-electron chi connectivity index (χ1n) is 4.84. The first-order valence-corrected chi connectivity index (χ1v) is 4.84. The zero-order valence-electron chi connectivity index (χ0n) is 8.53. The summed E-state index contributed by atoms with van der Waals surface area (Å²) < 4.78 is 10.4. The van der Waals surface area contributed by atoms with Crippen molar-refractivity contribution in [1.29, 1.82) is 0 Å². The van der Waals surface area contributed by atoms with Crippen molar-refractivity contribution in [3.8, 4) is 11.5 Å². The number of carbonyl (C=O) groups is 1. The van der Waals surface area contributed by atoms with E-state index >= 15 is 0 Å². The van der Waals surface area contributed by atoms with E-state index in [4.69, 9.17) is 15.2 Å². The molecule has 1 aromatic carbocycles. The number of nitrogens with two attached hydrogens (primary N) is 1. The molecule has 15 heavy (non-hydrogen) atoms. The third kappa shape index (κ3) is 2.03. The summed E-state index contributed by atoms with van der Waals surface area (Å²) >= 11 is 0. The molecule has 0 spiro atoms. The maximum atomic E-state index is 10.9. The fraction of sp³-hybridized carbons (Fsp3) is 0.364. The van der Waals surface area contributed by atoms with Crippen LogP contribution < -0.4 is 15.2 Å². The molecule has 4 heteroatoms. The molecule has 0 fully saturated rings. The minimum Gasteiger partial charge on any atom is -0.454 e. The van der Waals surface area contributed by atoms with E-state index in [-0.39, 0.29) is 18.6 Å². The Morgan fingerprint density at radius 2 is 2.20 bits per heavy atom. The van der Waals surface area contributed by atoms with Crippen molar-refractivity contribution in [3.05, 3.63) is 23.8 Å². The van der Waals surface area contributed by atoms with Gasteiger partial charge in [-0.15, -0.1) is 0 Å². The molecular weight excluding hydrogens is 194 g/mol. The predicted molar refractivity (Wildman–Crippen MR) is 54.6 cm³/mol. The number of rotatable bonds is 3. The second-order valence-corrected chi connectivity index (χ2v) is 3.70. The van der Waals surface area contributed by atoms with E-state index in [9.17, 15) is 4.79 Å². The van der Waals surface area contributed by atoms with Crippen molar-refractivity contribution < 1.29 is 14.3 Å². The molecular formula is C11H13NO3. The van der Waals surface area contributed by atoms with Crippen molar-refractivity contribution in [3.63, 3.8) is 0 Å². The van der Waals surface area contributed by atoms with Gasteiger partial charge >= 0.3 is 0 Å². The van der Waals surface area contributed by atoms with E-state index in [0.29, 0.717) is 6.42 Å². The van der Waals surface area contributed by atoms with Crippen molar-refractivity contribution in [2.24, 2.45) is 11.7 Å². The first kappa shape index (κ1) is 9.83. The van der Waals surface area contributed by atoms with Gasteiger partial charge < -0.3 is 15.2 Å². The Kier molecular flexibility index (Phi) is 2.49. The molecule has 0 aromatic heterocycles. The van der Waals surface area contributed by atoms with Crippen molar-refractivity contribution in [2.75, 3.05) is 6.79 Å². The van der Waals surface area contributed by atoms with Gasteiger partial charge in [0.05, 0.1) is 0 Å². The fourth-order valence-corrected chi connectivity index (χ4v) is 1.52. The molecule has 0 bridgehead atoms. The van der Waals surface area contributed by atoms with Gasteiger partial charge in [0.25, 0.3) is 0 Å². The second-order valence-electron chi connectivity index (χ2n) is 3.70. The summed E-state index contributed by atoms with van der Waals surface area (Å²) in [6, 6.07) is 5.67. The van der Waals surface area contributed by atoms with E-state index < -0.39 is 0 Å². The molecule has 2 N–H and O–H groups in total. The van der Waals surface area contributed by atoms with Gasteiger partial charge in [0.1, 0.15) is 0 Å². The molecule has 0 saturated heterocycles. The highest BCUT2D eigenvalue weighted by Gasteiger charge is 2.15. The molecule has 1 aromatic rings. The lowest BCUT2D eigenvalue weighted by Gasteiger charge is -2.07. The van der Waals surface area contributed by atoms with Crippen LogP contribution in [0, 0.1) is 5.92 Å². The summed E-state index contributed by atoms with van der Waals surface area (Å²) in [7, 11) is 0. The standard InChI is InChI=1S/C11H13NO3/c1-7(11(12)13)4-8-2-3-9-10(5-8)15-6-14-9/h2-3,5,7H,4,6H2,1H3,(H2,12,13). The molecule has 80 valence electrons. The van der Waals surface area contributed by atoms with Crippen LogP contribution in [0.1, 0.15) is 12.5 Å². The number of fused-ring (bicyclic) bond motifs is 1. The van der Waals surface area contributed by atoms with Crippen molar-refractivity contribution >= 4 is 5.91 Å². The molecule has 1 heterocycles. The first-order chi connectivity index (χ1) is 7.16. The SMILES string of the molecule is CC(Cc1ccc2c(c1)OCO2)C(N)=O. The molecule has 1 unspecified atom stereocenters. The van der Waals surface area contributed by atoms with E-state index in [1.54, 1.807) is 0 Å². The van der Waals surface area contributed by atoms with Crippen molar-refractivity contribution in [2.45, 2.75) is 13.3 Å². The lowest BCUT2D eigenvalue weighted by molar-refractivity contribution is -0.121. The molecule has 0 aliphatic carbocycles. The molecule has 0 saturated carbocycles. The van der Waals surface area contributed by atoms with Gasteiger partial charge in [0.2, 0.25) is 12.7 Å². The maximum absolute atomic E-state index is 10.9. The number of amides is 1. The van der Waals surface area contributed by atoms with Crippen LogP contribution in [-0.2, 0) is 11.2 Å². The van der Waals surface area contributed by atoms with Crippen LogP contribution in [-0.4, -0.2) is 12.7 Å². The average Bonchev–Trinajstić information content (AvgIpc) is 2.64. The third-order valence-electron chi connectivity index (χ3n) is 2.46. The normalized spacial score (nSPS) is 15.0. The monoisotopic (exact) mass is 207 g/mol. The van der Waals surface area contributed by atoms with Crippen LogP contribution in [0.25, 0.3) is 0 Å². The van der Waals surface area contributed by atoms with Crippen LogP contribution in [0.2, 0.25) is 0 Å². The summed E-state index contributed by atoms with van der Waals surface area (Å²) in [5, 5.41) is 0. The Labute approximate surface area is 88.0 Å². The number of ether oxygens (including phenoxy) is 2. The lowest BCUT2D eigenvalue weighted by atomic mass is 10.0. The fourth-order valence-electron chi connectivity index (χ4n) is 1.52. The molecule has 0 radical (unpaired) electrons. The van der Waals surface area contributed by atoms with E-state index in [1.165, 1.54) is 0 Å². The number of hydrogen-bond donors (Lipinski definition) is 1. The quantitative estimate of drug-likeness (QED) is 0.806. The number of hydrogen-bond acceptors (Lipinski definition) is 3. The van der Waals surface area contributed by atoms with Gasteiger partial charge in [-0.2, -0.15) is 0 Å². The summed E-state index contributed by atoms with van der Waals surface area (Å²) in [6.07, 6.45) is 0.631. The van der Waals surface area contributed by atoms with Crippen LogP contribution in [0.3, 0.4) is 0 Å². The minimum absolute atomic E-state index is 0.162. The summed E-state index contributed by atoms with van der Waals surface area (Å²) in [5.74, 6) is 1.05. The van der Waals surface area contributed by atoms with E-state index in [1.807, 2.05) is 25.1 Å². The van der Waals surface area contributed by atoms with E-state index in [0.717, 1.165) is 17.1 Å². The molecule has 4 nitrogen and oxygen atoms in total. The number of carbonyl (C=O) groups excluding carboxylic acids is 1. The predicted octanol–water partition coefficient (Wildman–Crippen LogP) is 1.08. The highest BCUT2D eigenvalue weighted by Crippen LogP contribution is 2.32. The van der Waals surface area contributed by atoms with Gasteiger partial charge in [-0.1, -0.05) is 13.0 Å². The second kappa shape index (κ2) is 3.81. The van der Waals surface area contributed by atoms with Crippen LogP contribution in [0.15, 0.2) is 18.2 Å². The average molecular weight is 207 g/mol. The minimum atomic E-state index is -0.285. The van der Waals surface area contributed by atoms with Gasteiger partial charge in [0.15, 0.2) is 11.5 Å². The lowest BCUT2D eigenvalue weighted by Crippen LogP contribution is -2.22. The molecule has 1 aliphatic heterocycles. The topological polar surface area (TPSA) is 61.6 Å². The van der Waals surface area contributed by atoms with Crippen LogP contribution in [0.4, 0.5) is 0 Å². The molecule has 1 amide bonds. The number of primary amides is 1. The third-order valence-corrected chi connectivity index (χ3v) is 2.46. The van der Waals surface area contributed by atoms with Gasteiger partial charge in [-0.25, -0.2) is 0 Å². The van der Waals surface area contributed by atoms with Crippen LogP contribution >= 0.6 is 0 Å². The smallest absolute Gasteiger partial charge is 0.231 e. The summed E-state index contributed by atoms with van der Waals surface area (Å²) in [5.41, 5.74) is 6.23. The Morgan fingerprint density at radius 1 is 1.47 bits per heavy atom. The summed E-state index contributed by atoms with van der Waals surface area (Å²) in [4.78, 5) is 10.9. The largest absolute Gasteiger partial charge is 0.454 e. The van der Waals surface area contributed by atoms with Crippen LogP contribution in [0.5, 0.6) is 11.5 Å². The zero-order chi connectivity index (χ0) is 10.8. The summed E-state index contributed by atoms with van der Waals surface area (Å²) in [6.45, 7) is 2.08. The Balaban J connectivity index is 2.13. The van der Waals surface area contributed by atoms with Gasteiger partial charge in [0, 0.05) is 5.92 Å². The highest BCUT2D eigenvalue weighted by molar-refractivity contribution is 5.76. The zero-order valence-corrected chi connectivity index (χ0v) is 8.53. The molecule has 1 atom stereocenters. The van der Waals surface area contributed by atoms with Crippen molar-refractivity contribution in [1.82, 2.24) is 0 Å². The Bertz CT molecular complexity index is 389. The van der Waals surface area contributed by atoms with Gasteiger partial charge in [-0.05, 0) is 24.1 Å². The molecule has 1 aliphatic rings. The number of benzene rings is 1. The maximum Gasteiger partial charge on any atom is 0.231 e. The Morgan fingerprint density at radius 3 is 2.93 bits per heavy atom. The van der Waals surface area contributed by atoms with Gasteiger partial charge in [-0.3, -0.25) is 4.79 Å². The Hall–Kier alpha value is -1.71. The van der Waals surface area contributed by atoms with E-state index in [2.05, 4.69) is 0 Å².